The van der Waals surface area contributed by atoms with Crippen LogP contribution in [0.4, 0.5) is 0 Å². The molecule has 2 heteroatoms. The maximum Gasteiger partial charge on any atom is 0.136 e. The minimum atomic E-state index is 0.898. The van der Waals surface area contributed by atoms with Crippen molar-refractivity contribution in [2.75, 3.05) is 0 Å². The van der Waals surface area contributed by atoms with E-state index < -0.39 is 0 Å². The summed E-state index contributed by atoms with van der Waals surface area (Å²) in [6.45, 7) is 0. The Labute approximate surface area is 277 Å². The first-order chi connectivity index (χ1) is 23.8. The lowest BCUT2D eigenvalue weighted by atomic mass is 9.85. The molecule has 0 unspecified atom stereocenters. The van der Waals surface area contributed by atoms with E-state index in [1.165, 1.54) is 49.4 Å². The van der Waals surface area contributed by atoms with Crippen molar-refractivity contribution in [3.8, 4) is 44.5 Å². The van der Waals surface area contributed by atoms with Crippen molar-refractivity contribution in [3.05, 3.63) is 170 Å². The highest BCUT2D eigenvalue weighted by Gasteiger charge is 2.18. The van der Waals surface area contributed by atoms with Crippen LogP contribution in [0.5, 0.6) is 0 Å². The van der Waals surface area contributed by atoms with E-state index in [-0.39, 0.29) is 0 Å². The molecular weight excluding hydrogens is 585 g/mol. The van der Waals surface area contributed by atoms with Crippen LogP contribution in [0, 0.1) is 0 Å². The van der Waals surface area contributed by atoms with Gasteiger partial charge in [0.05, 0.1) is 6.26 Å². The maximum absolute atomic E-state index is 6.36. The fourth-order valence-corrected chi connectivity index (χ4v) is 7.54. The first kappa shape index (κ1) is 26.8. The first-order valence-electron chi connectivity index (χ1n) is 16.3. The van der Waals surface area contributed by atoms with Crippen molar-refractivity contribution in [2.24, 2.45) is 0 Å². The molecule has 0 aliphatic rings. The van der Waals surface area contributed by atoms with E-state index in [0.717, 1.165) is 49.6 Å². The van der Waals surface area contributed by atoms with Gasteiger partial charge in [0.2, 0.25) is 0 Å². The largest absolute Gasteiger partial charge is 0.464 e. The van der Waals surface area contributed by atoms with Gasteiger partial charge in [-0.15, -0.1) is 0 Å². The Balaban J connectivity index is 1.17. The van der Waals surface area contributed by atoms with Gasteiger partial charge in [-0.3, -0.25) is 0 Å². The van der Waals surface area contributed by atoms with Gasteiger partial charge in [-0.05, 0) is 96.4 Å². The lowest BCUT2D eigenvalue weighted by Gasteiger charge is -2.18. The topological polar surface area (TPSA) is 26.3 Å². The van der Waals surface area contributed by atoms with Crippen molar-refractivity contribution in [2.45, 2.75) is 0 Å². The average molecular weight is 613 g/mol. The fourth-order valence-electron chi connectivity index (χ4n) is 7.54. The Hall–Kier alpha value is -6.38. The second-order valence-electron chi connectivity index (χ2n) is 12.4. The molecule has 2 nitrogen and oxygen atoms in total. The van der Waals surface area contributed by atoms with Gasteiger partial charge >= 0.3 is 0 Å². The predicted octanol–water partition coefficient (Wildman–Crippen LogP) is 13.3. The highest BCUT2D eigenvalue weighted by atomic mass is 16.3. The van der Waals surface area contributed by atoms with Gasteiger partial charge < -0.3 is 8.83 Å². The minimum absolute atomic E-state index is 0.898. The quantitative estimate of drug-likeness (QED) is 0.185. The van der Waals surface area contributed by atoms with E-state index >= 15 is 0 Å². The Morgan fingerprint density at radius 2 is 0.854 bits per heavy atom. The van der Waals surface area contributed by atoms with E-state index in [4.69, 9.17) is 8.83 Å². The fraction of sp³-hybridized carbons (Fsp3) is 0. The molecule has 224 valence electrons. The van der Waals surface area contributed by atoms with Gasteiger partial charge in [-0.1, -0.05) is 133 Å². The summed E-state index contributed by atoms with van der Waals surface area (Å²) in [5.74, 6) is 0. The molecule has 0 saturated carbocycles. The number of benzene rings is 8. The average Bonchev–Trinajstić information content (AvgIpc) is 3.78. The monoisotopic (exact) mass is 612 g/mol. The molecule has 0 radical (unpaired) electrons. The number of rotatable bonds is 4. The van der Waals surface area contributed by atoms with E-state index in [9.17, 15) is 0 Å². The molecule has 8 aromatic carbocycles. The van der Waals surface area contributed by atoms with Gasteiger partial charge in [0.15, 0.2) is 0 Å². The van der Waals surface area contributed by atoms with Crippen LogP contribution >= 0.6 is 0 Å². The molecule has 10 aromatic rings. The van der Waals surface area contributed by atoms with Crippen molar-refractivity contribution < 1.29 is 8.83 Å². The molecule has 0 aliphatic carbocycles. The molecular formula is C46H28O2. The number of para-hydroxylation sites is 1. The van der Waals surface area contributed by atoms with E-state index in [1.54, 1.807) is 6.26 Å². The zero-order valence-electron chi connectivity index (χ0n) is 26.0. The molecule has 0 fully saturated rings. The summed E-state index contributed by atoms with van der Waals surface area (Å²) in [4.78, 5) is 0. The second kappa shape index (κ2) is 10.6. The second-order valence-corrected chi connectivity index (χ2v) is 12.4. The molecule has 2 aromatic heterocycles. The lowest BCUT2D eigenvalue weighted by molar-refractivity contribution is 0.616. The highest BCUT2D eigenvalue weighted by Crippen LogP contribution is 2.45. The van der Waals surface area contributed by atoms with E-state index in [0.29, 0.717) is 0 Å². The smallest absolute Gasteiger partial charge is 0.136 e. The normalized spacial score (nSPS) is 11.8. The third-order valence-corrected chi connectivity index (χ3v) is 9.76. The molecule has 2 heterocycles. The van der Waals surface area contributed by atoms with Crippen molar-refractivity contribution in [3.63, 3.8) is 0 Å². The number of hydrogen-bond donors (Lipinski definition) is 0. The molecule has 10 rings (SSSR count). The Kier molecular flexibility index (Phi) is 5.91. The summed E-state index contributed by atoms with van der Waals surface area (Å²) in [6.07, 6.45) is 1.76. The van der Waals surface area contributed by atoms with Gasteiger partial charge in [-0.2, -0.15) is 0 Å². The predicted molar refractivity (Wildman–Crippen MR) is 200 cm³/mol. The molecule has 0 amide bonds. The minimum Gasteiger partial charge on any atom is -0.464 e. The van der Waals surface area contributed by atoms with Crippen LogP contribution < -0.4 is 0 Å². The Morgan fingerprint density at radius 1 is 0.312 bits per heavy atom. The van der Waals surface area contributed by atoms with Gasteiger partial charge in [0.1, 0.15) is 16.7 Å². The molecule has 0 spiro atoms. The van der Waals surface area contributed by atoms with Crippen molar-refractivity contribution in [1.82, 2.24) is 0 Å². The molecule has 0 atom stereocenters. The molecule has 48 heavy (non-hydrogen) atoms. The maximum atomic E-state index is 6.36. The van der Waals surface area contributed by atoms with Crippen LogP contribution in [-0.2, 0) is 0 Å². The van der Waals surface area contributed by atoms with Gasteiger partial charge in [-0.25, -0.2) is 0 Å². The number of fused-ring (bicyclic) bond motifs is 6. The van der Waals surface area contributed by atoms with Crippen molar-refractivity contribution >= 4 is 54.5 Å². The molecule has 0 N–H and O–H groups in total. The molecule has 0 aliphatic heterocycles. The zero-order chi connectivity index (χ0) is 31.6. The van der Waals surface area contributed by atoms with Crippen molar-refractivity contribution in [1.29, 1.82) is 0 Å². The highest BCUT2D eigenvalue weighted by molar-refractivity contribution is 6.21. The van der Waals surface area contributed by atoms with Crippen LogP contribution in [0.2, 0.25) is 0 Å². The number of hydrogen-bond acceptors (Lipinski definition) is 2. The molecule has 0 bridgehead atoms. The summed E-state index contributed by atoms with van der Waals surface area (Å²) in [7, 11) is 0. The summed E-state index contributed by atoms with van der Waals surface area (Å²) in [5.41, 5.74) is 12.2. The van der Waals surface area contributed by atoms with Crippen LogP contribution in [0.3, 0.4) is 0 Å². The summed E-state index contributed by atoms with van der Waals surface area (Å²) in [5, 5.41) is 8.29. The summed E-state index contributed by atoms with van der Waals surface area (Å²) >= 11 is 0. The lowest BCUT2D eigenvalue weighted by Crippen LogP contribution is -1.91. The van der Waals surface area contributed by atoms with Crippen LogP contribution in [0.1, 0.15) is 0 Å². The van der Waals surface area contributed by atoms with E-state index in [1.807, 2.05) is 18.2 Å². The van der Waals surface area contributed by atoms with Gasteiger partial charge in [0.25, 0.3) is 0 Å². The van der Waals surface area contributed by atoms with E-state index in [2.05, 4.69) is 146 Å². The van der Waals surface area contributed by atoms with Gasteiger partial charge in [0, 0.05) is 16.2 Å². The third kappa shape index (κ3) is 4.13. The standard InChI is InChI=1S/C46H28O2/c1-2-10-29(11-3-1)39-27-41-34-12-8-9-17-42(34)48-44(41)28-40(39)30-18-21-32(22-19-30)45-35-13-4-6-15-37(35)46(38-16-7-5-14-36(38)45)33-23-20-31-24-25-47-43(31)26-33/h1-28H. The number of furan rings is 2. The zero-order valence-corrected chi connectivity index (χ0v) is 26.0. The van der Waals surface area contributed by atoms with Crippen LogP contribution in [0.15, 0.2) is 179 Å². The Bertz CT molecular complexity index is 2760. The summed E-state index contributed by atoms with van der Waals surface area (Å²) in [6, 6.07) is 58.6. The summed E-state index contributed by atoms with van der Waals surface area (Å²) < 4.78 is 12.2. The third-order valence-electron chi connectivity index (χ3n) is 9.76. The first-order valence-corrected chi connectivity index (χ1v) is 16.3. The van der Waals surface area contributed by atoms with Crippen LogP contribution in [-0.4, -0.2) is 0 Å². The van der Waals surface area contributed by atoms with Crippen LogP contribution in [0.25, 0.3) is 99.0 Å². The Morgan fingerprint density at radius 3 is 1.56 bits per heavy atom. The SMILES string of the molecule is c1ccc(-c2cc3c(cc2-c2ccc(-c4c5ccccc5c(-c5ccc6ccoc6c5)c5ccccc45)cc2)oc2ccccc23)cc1. The molecule has 0 saturated heterocycles.